The van der Waals surface area contributed by atoms with Crippen molar-refractivity contribution in [2.45, 2.75) is 88.4 Å². The van der Waals surface area contributed by atoms with Crippen LogP contribution in [-0.4, -0.2) is 40.4 Å². The Morgan fingerprint density at radius 3 is 2.15 bits per heavy atom. The lowest BCUT2D eigenvalue weighted by molar-refractivity contribution is -0.141. The second-order valence-electron chi connectivity index (χ2n) is 10.3. The fourth-order valence-electron chi connectivity index (χ4n) is 5.47. The standard InChI is InChI=1S/C28H37N3O2/c1-28(2,29)27(33)30-25(15-9-12-20-10-5-3-6-11-20)26(32)31-23-16-17-24(31)19-22(18-23)21-13-7-4-8-14-21/h3-8,10-11,13-14,22-25H,9,12,15-19,29H2,1-2H3,(H,30,33)/t22?,23?,24?,25-/m1/s1. The van der Waals surface area contributed by atoms with Crippen LogP contribution in [0.1, 0.15) is 69.4 Å². The number of nitrogens with two attached hydrogens (primary N) is 1. The van der Waals surface area contributed by atoms with Gasteiger partial charge in [0, 0.05) is 12.1 Å². The molecule has 2 heterocycles. The number of nitrogens with one attached hydrogen (secondary N) is 1. The van der Waals surface area contributed by atoms with E-state index in [9.17, 15) is 9.59 Å². The Balaban J connectivity index is 1.45. The fraction of sp³-hybridized carbons (Fsp3) is 0.500. The first-order valence-electron chi connectivity index (χ1n) is 12.3. The van der Waals surface area contributed by atoms with E-state index in [2.05, 4.69) is 52.7 Å². The smallest absolute Gasteiger partial charge is 0.245 e. The molecule has 3 atom stereocenters. The summed E-state index contributed by atoms with van der Waals surface area (Å²) >= 11 is 0. The lowest BCUT2D eigenvalue weighted by Gasteiger charge is -2.41. The molecule has 176 valence electrons. The van der Waals surface area contributed by atoms with E-state index in [0.29, 0.717) is 12.3 Å². The number of carbonyl (C=O) groups is 2. The van der Waals surface area contributed by atoms with Crippen molar-refractivity contribution in [1.29, 1.82) is 0 Å². The van der Waals surface area contributed by atoms with E-state index >= 15 is 0 Å². The van der Waals surface area contributed by atoms with Gasteiger partial charge < -0.3 is 16.0 Å². The third-order valence-corrected chi connectivity index (χ3v) is 7.25. The van der Waals surface area contributed by atoms with E-state index in [-0.39, 0.29) is 23.9 Å². The lowest BCUT2D eigenvalue weighted by atomic mass is 9.84. The Labute approximate surface area is 197 Å². The van der Waals surface area contributed by atoms with Crippen LogP contribution >= 0.6 is 0 Å². The highest BCUT2D eigenvalue weighted by molar-refractivity contribution is 5.91. The average Bonchev–Trinajstić information content (AvgIpc) is 3.07. The van der Waals surface area contributed by atoms with Gasteiger partial charge in [0.25, 0.3) is 0 Å². The highest BCUT2D eigenvalue weighted by Crippen LogP contribution is 2.43. The van der Waals surface area contributed by atoms with Crippen molar-refractivity contribution in [3.05, 3.63) is 71.8 Å². The summed E-state index contributed by atoms with van der Waals surface area (Å²) in [7, 11) is 0. The topological polar surface area (TPSA) is 75.4 Å². The summed E-state index contributed by atoms with van der Waals surface area (Å²) in [5.74, 6) is 0.300. The Kier molecular flexibility index (Phi) is 7.18. The number of fused-ring (bicyclic) bond motifs is 2. The molecule has 2 aromatic rings. The van der Waals surface area contributed by atoms with Gasteiger partial charge in [0.2, 0.25) is 11.8 Å². The van der Waals surface area contributed by atoms with Crippen molar-refractivity contribution < 1.29 is 9.59 Å². The van der Waals surface area contributed by atoms with Gasteiger partial charge in [-0.05, 0) is 75.8 Å². The van der Waals surface area contributed by atoms with E-state index in [0.717, 1.165) is 38.5 Å². The number of hydrogen-bond donors (Lipinski definition) is 2. The molecule has 3 N–H and O–H groups in total. The molecule has 0 aromatic heterocycles. The maximum atomic E-state index is 13.8. The molecule has 0 saturated carbocycles. The predicted octanol–water partition coefficient (Wildman–Crippen LogP) is 4.17. The molecule has 5 heteroatoms. The number of nitrogens with zero attached hydrogens (tertiary/aromatic N) is 1. The summed E-state index contributed by atoms with van der Waals surface area (Å²) in [6.45, 7) is 3.37. The summed E-state index contributed by atoms with van der Waals surface area (Å²) < 4.78 is 0. The third-order valence-electron chi connectivity index (χ3n) is 7.25. The zero-order valence-electron chi connectivity index (χ0n) is 19.9. The van der Waals surface area contributed by atoms with Gasteiger partial charge in [-0.1, -0.05) is 60.7 Å². The summed E-state index contributed by atoms with van der Waals surface area (Å²) in [6.07, 6.45) is 6.43. The molecule has 2 bridgehead atoms. The number of hydrogen-bond acceptors (Lipinski definition) is 3. The number of aryl methyl sites for hydroxylation is 1. The van der Waals surface area contributed by atoms with Crippen molar-refractivity contribution in [1.82, 2.24) is 10.2 Å². The molecular formula is C28H37N3O2. The third kappa shape index (κ3) is 5.64. The van der Waals surface area contributed by atoms with E-state index in [1.165, 1.54) is 11.1 Å². The highest BCUT2D eigenvalue weighted by Gasteiger charge is 2.45. The largest absolute Gasteiger partial charge is 0.343 e. The summed E-state index contributed by atoms with van der Waals surface area (Å²) in [6, 6.07) is 20.9. The number of rotatable bonds is 8. The minimum Gasteiger partial charge on any atom is -0.343 e. The van der Waals surface area contributed by atoms with Gasteiger partial charge in [-0.3, -0.25) is 9.59 Å². The summed E-state index contributed by atoms with van der Waals surface area (Å²) in [4.78, 5) is 28.6. The van der Waals surface area contributed by atoms with Crippen LogP contribution in [0, 0.1) is 0 Å². The first kappa shape index (κ1) is 23.5. The molecule has 2 unspecified atom stereocenters. The van der Waals surface area contributed by atoms with Gasteiger partial charge >= 0.3 is 0 Å². The molecule has 4 rings (SSSR count). The maximum Gasteiger partial charge on any atom is 0.245 e. The van der Waals surface area contributed by atoms with Gasteiger partial charge in [0.05, 0.1) is 5.54 Å². The highest BCUT2D eigenvalue weighted by atomic mass is 16.2. The van der Waals surface area contributed by atoms with E-state index < -0.39 is 11.6 Å². The fourth-order valence-corrected chi connectivity index (χ4v) is 5.47. The SMILES string of the molecule is CC(C)(N)C(=O)N[C@H](CCCc1ccccc1)C(=O)N1C2CCC1CC(c1ccccc1)C2. The zero-order valence-corrected chi connectivity index (χ0v) is 19.9. The van der Waals surface area contributed by atoms with Crippen LogP contribution in [0.5, 0.6) is 0 Å². The van der Waals surface area contributed by atoms with Crippen LogP contribution in [0.4, 0.5) is 0 Å². The zero-order chi connectivity index (χ0) is 23.4. The quantitative estimate of drug-likeness (QED) is 0.638. The molecule has 33 heavy (non-hydrogen) atoms. The molecule has 2 aliphatic rings. The van der Waals surface area contributed by atoms with E-state index in [1.807, 2.05) is 18.2 Å². The normalized spacial score (nSPS) is 23.2. The Morgan fingerprint density at radius 2 is 1.58 bits per heavy atom. The van der Waals surface area contributed by atoms with Crippen LogP contribution in [0.3, 0.4) is 0 Å². The number of amides is 2. The van der Waals surface area contributed by atoms with Gasteiger partial charge in [0.15, 0.2) is 0 Å². The molecule has 0 spiro atoms. The molecule has 2 fully saturated rings. The molecule has 2 amide bonds. The number of benzene rings is 2. The van der Waals surface area contributed by atoms with Crippen LogP contribution in [-0.2, 0) is 16.0 Å². The predicted molar refractivity (Wildman–Crippen MR) is 132 cm³/mol. The van der Waals surface area contributed by atoms with Gasteiger partial charge in [-0.15, -0.1) is 0 Å². The van der Waals surface area contributed by atoms with Crippen LogP contribution < -0.4 is 11.1 Å². The molecular weight excluding hydrogens is 410 g/mol. The number of piperidine rings is 1. The molecule has 5 nitrogen and oxygen atoms in total. The molecule has 2 aliphatic heterocycles. The van der Waals surface area contributed by atoms with Crippen molar-refractivity contribution >= 4 is 11.8 Å². The van der Waals surface area contributed by atoms with Crippen molar-refractivity contribution in [2.75, 3.05) is 0 Å². The first-order valence-corrected chi connectivity index (χ1v) is 12.3. The van der Waals surface area contributed by atoms with Gasteiger partial charge in [-0.25, -0.2) is 0 Å². The Hall–Kier alpha value is -2.66. The van der Waals surface area contributed by atoms with Crippen molar-refractivity contribution in [3.8, 4) is 0 Å². The van der Waals surface area contributed by atoms with Gasteiger partial charge in [0.1, 0.15) is 6.04 Å². The second-order valence-corrected chi connectivity index (χ2v) is 10.3. The average molecular weight is 448 g/mol. The second kappa shape index (κ2) is 10.1. The summed E-state index contributed by atoms with van der Waals surface area (Å²) in [5.41, 5.74) is 7.64. The monoisotopic (exact) mass is 447 g/mol. The number of carbonyl (C=O) groups excluding carboxylic acids is 2. The van der Waals surface area contributed by atoms with E-state index in [4.69, 9.17) is 5.73 Å². The van der Waals surface area contributed by atoms with Crippen molar-refractivity contribution in [3.63, 3.8) is 0 Å². The Morgan fingerprint density at radius 1 is 1.00 bits per heavy atom. The minimum atomic E-state index is -1.02. The molecule has 2 aromatic carbocycles. The summed E-state index contributed by atoms with van der Waals surface area (Å²) in [5, 5.41) is 3.00. The van der Waals surface area contributed by atoms with Crippen LogP contribution in [0.15, 0.2) is 60.7 Å². The molecule has 2 saturated heterocycles. The van der Waals surface area contributed by atoms with Gasteiger partial charge in [-0.2, -0.15) is 0 Å². The van der Waals surface area contributed by atoms with Crippen LogP contribution in [0.25, 0.3) is 0 Å². The maximum absolute atomic E-state index is 13.8. The lowest BCUT2D eigenvalue weighted by Crippen LogP contribution is -2.58. The minimum absolute atomic E-state index is 0.0691. The molecule has 0 aliphatic carbocycles. The Bertz CT molecular complexity index is 925. The molecule has 0 radical (unpaired) electrons. The first-order chi connectivity index (χ1) is 15.8. The van der Waals surface area contributed by atoms with Crippen molar-refractivity contribution in [2.24, 2.45) is 5.73 Å². The van der Waals surface area contributed by atoms with E-state index in [1.54, 1.807) is 13.8 Å². The van der Waals surface area contributed by atoms with Crippen LogP contribution in [0.2, 0.25) is 0 Å².